The molecular weight excluding hydrogens is 309 g/mol. The van der Waals surface area contributed by atoms with E-state index in [4.69, 9.17) is 4.42 Å². The van der Waals surface area contributed by atoms with Crippen LogP contribution in [-0.2, 0) is 11.3 Å². The number of nitrogens with one attached hydrogen (secondary N) is 1. The molecule has 0 bridgehead atoms. The van der Waals surface area contributed by atoms with Crippen LogP contribution in [0.4, 0.5) is 4.39 Å². The van der Waals surface area contributed by atoms with Crippen LogP contribution in [0.5, 0.6) is 0 Å². The third-order valence-electron chi connectivity index (χ3n) is 4.60. The van der Waals surface area contributed by atoms with E-state index in [1.807, 2.05) is 6.92 Å². The van der Waals surface area contributed by atoms with Gasteiger partial charge in [0.05, 0.1) is 18.3 Å². The second-order valence-electron chi connectivity index (χ2n) is 6.33. The van der Waals surface area contributed by atoms with Gasteiger partial charge in [-0.3, -0.25) is 9.69 Å². The minimum absolute atomic E-state index is 0.0564. The Labute approximate surface area is 140 Å². The summed E-state index contributed by atoms with van der Waals surface area (Å²) in [6.07, 6.45) is 3.35. The van der Waals surface area contributed by atoms with Gasteiger partial charge < -0.3 is 9.73 Å². The van der Waals surface area contributed by atoms with Crippen LogP contribution < -0.4 is 5.32 Å². The quantitative estimate of drug-likeness (QED) is 0.915. The summed E-state index contributed by atoms with van der Waals surface area (Å²) < 4.78 is 18.8. The maximum atomic E-state index is 13.0. The van der Waals surface area contributed by atoms with Gasteiger partial charge in [-0.25, -0.2) is 9.37 Å². The molecule has 1 N–H and O–H groups in total. The number of piperazine rings is 1. The first-order valence-electron chi connectivity index (χ1n) is 8.27. The number of carbonyl (C=O) groups is 1. The Morgan fingerprint density at radius 2 is 2.12 bits per heavy atom. The molecule has 2 aromatic rings. The molecule has 0 aliphatic carbocycles. The number of nitrogens with zero attached hydrogens (tertiary/aromatic N) is 2. The van der Waals surface area contributed by atoms with Crippen molar-refractivity contribution in [2.24, 2.45) is 0 Å². The van der Waals surface area contributed by atoms with E-state index in [9.17, 15) is 9.18 Å². The summed E-state index contributed by atoms with van der Waals surface area (Å²) in [6.45, 7) is 5.91. The Balaban J connectivity index is 1.78. The van der Waals surface area contributed by atoms with Crippen LogP contribution in [0.25, 0.3) is 11.3 Å². The van der Waals surface area contributed by atoms with Crippen molar-refractivity contribution >= 4 is 5.91 Å². The monoisotopic (exact) mass is 331 g/mol. The number of aromatic nitrogens is 1. The highest BCUT2D eigenvalue weighted by atomic mass is 19.1. The fourth-order valence-electron chi connectivity index (χ4n) is 3.19. The van der Waals surface area contributed by atoms with Crippen molar-refractivity contribution in [2.45, 2.75) is 38.8 Å². The number of halogens is 1. The van der Waals surface area contributed by atoms with E-state index in [0.717, 1.165) is 24.9 Å². The molecule has 3 rings (SSSR count). The second kappa shape index (κ2) is 6.73. The number of amides is 1. The lowest BCUT2D eigenvalue weighted by Gasteiger charge is -2.43. The van der Waals surface area contributed by atoms with Gasteiger partial charge >= 0.3 is 0 Å². The average molecular weight is 331 g/mol. The Morgan fingerprint density at radius 1 is 1.38 bits per heavy atom. The summed E-state index contributed by atoms with van der Waals surface area (Å²) in [6, 6.07) is 6.11. The first-order chi connectivity index (χ1) is 11.5. The molecule has 0 unspecified atom stereocenters. The van der Waals surface area contributed by atoms with Crippen molar-refractivity contribution in [3.63, 3.8) is 0 Å². The molecule has 1 aromatic carbocycles. The molecule has 1 fully saturated rings. The van der Waals surface area contributed by atoms with E-state index in [0.29, 0.717) is 24.7 Å². The van der Waals surface area contributed by atoms with Crippen molar-refractivity contribution in [3.05, 3.63) is 42.2 Å². The first-order valence-corrected chi connectivity index (χ1v) is 8.27. The topological polar surface area (TPSA) is 58.4 Å². The summed E-state index contributed by atoms with van der Waals surface area (Å²) in [5, 5.41) is 2.94. The fourth-order valence-corrected chi connectivity index (χ4v) is 3.19. The molecule has 6 heteroatoms. The highest BCUT2D eigenvalue weighted by molar-refractivity contribution is 5.86. The molecule has 1 aliphatic heterocycles. The molecule has 1 aliphatic rings. The molecule has 0 spiro atoms. The highest BCUT2D eigenvalue weighted by Crippen LogP contribution is 2.27. The first kappa shape index (κ1) is 16.6. The minimum atomic E-state index is -0.544. The fraction of sp³-hybridized carbons (Fsp3) is 0.444. The van der Waals surface area contributed by atoms with Crippen LogP contribution in [-0.4, -0.2) is 34.4 Å². The maximum absolute atomic E-state index is 13.0. The number of hydrogen-bond acceptors (Lipinski definition) is 4. The van der Waals surface area contributed by atoms with Crippen molar-refractivity contribution in [3.8, 4) is 11.3 Å². The van der Waals surface area contributed by atoms with Crippen LogP contribution in [0.15, 0.2) is 34.9 Å². The third-order valence-corrected chi connectivity index (χ3v) is 4.60. The summed E-state index contributed by atoms with van der Waals surface area (Å²) in [5.41, 5.74) is 0.236. The van der Waals surface area contributed by atoms with Gasteiger partial charge in [-0.1, -0.05) is 13.3 Å². The number of benzene rings is 1. The summed E-state index contributed by atoms with van der Waals surface area (Å²) >= 11 is 0. The Bertz CT molecular complexity index is 713. The Kier molecular flexibility index (Phi) is 4.66. The number of hydrogen-bond donors (Lipinski definition) is 1. The SMILES string of the molecule is CCC[C@@]1(C)C(=O)NCCN1Cc1ncc(-c2ccc(F)cc2)o1. The van der Waals surface area contributed by atoms with Gasteiger partial charge in [0.15, 0.2) is 5.76 Å². The number of carbonyl (C=O) groups excluding carboxylic acids is 1. The molecule has 24 heavy (non-hydrogen) atoms. The highest BCUT2D eigenvalue weighted by Gasteiger charge is 2.41. The predicted molar refractivity (Wildman–Crippen MR) is 88.6 cm³/mol. The molecular formula is C18H22FN3O2. The van der Waals surface area contributed by atoms with Gasteiger partial charge in [0.2, 0.25) is 11.8 Å². The van der Waals surface area contributed by atoms with Crippen LogP contribution in [0, 0.1) is 5.82 Å². The normalized spacial score (nSPS) is 21.7. The zero-order valence-corrected chi connectivity index (χ0v) is 14.0. The van der Waals surface area contributed by atoms with E-state index >= 15 is 0 Å². The van der Waals surface area contributed by atoms with Gasteiger partial charge in [0.25, 0.3) is 0 Å². The Morgan fingerprint density at radius 3 is 2.83 bits per heavy atom. The lowest BCUT2D eigenvalue weighted by atomic mass is 9.90. The summed E-state index contributed by atoms with van der Waals surface area (Å²) in [5.74, 6) is 0.934. The van der Waals surface area contributed by atoms with Crippen LogP contribution in [0.3, 0.4) is 0 Å². The zero-order chi connectivity index (χ0) is 17.2. The van der Waals surface area contributed by atoms with E-state index < -0.39 is 5.54 Å². The van der Waals surface area contributed by atoms with Gasteiger partial charge in [0.1, 0.15) is 5.82 Å². The van der Waals surface area contributed by atoms with Gasteiger partial charge in [-0.05, 0) is 37.6 Å². The molecule has 0 radical (unpaired) electrons. The van der Waals surface area contributed by atoms with Crippen molar-refractivity contribution in [2.75, 3.05) is 13.1 Å². The molecule has 0 saturated carbocycles. The van der Waals surface area contributed by atoms with Gasteiger partial charge in [-0.2, -0.15) is 0 Å². The van der Waals surface area contributed by atoms with E-state index in [1.165, 1.54) is 12.1 Å². The largest absolute Gasteiger partial charge is 0.439 e. The minimum Gasteiger partial charge on any atom is -0.439 e. The maximum Gasteiger partial charge on any atom is 0.240 e. The average Bonchev–Trinajstić information content (AvgIpc) is 3.02. The molecule has 1 aromatic heterocycles. The van der Waals surface area contributed by atoms with Crippen LogP contribution in [0.2, 0.25) is 0 Å². The lowest BCUT2D eigenvalue weighted by molar-refractivity contribution is -0.137. The zero-order valence-electron chi connectivity index (χ0n) is 14.0. The van der Waals surface area contributed by atoms with E-state index in [1.54, 1.807) is 18.3 Å². The molecule has 5 nitrogen and oxygen atoms in total. The van der Waals surface area contributed by atoms with Crippen molar-refractivity contribution in [1.82, 2.24) is 15.2 Å². The smallest absolute Gasteiger partial charge is 0.240 e. The number of rotatable bonds is 5. The molecule has 128 valence electrons. The molecule has 1 amide bonds. The van der Waals surface area contributed by atoms with Gasteiger partial charge in [-0.15, -0.1) is 0 Å². The summed E-state index contributed by atoms with van der Waals surface area (Å²) in [7, 11) is 0. The van der Waals surface area contributed by atoms with E-state index in [2.05, 4.69) is 22.1 Å². The van der Waals surface area contributed by atoms with Crippen molar-refractivity contribution < 1.29 is 13.6 Å². The van der Waals surface area contributed by atoms with E-state index in [-0.39, 0.29) is 11.7 Å². The van der Waals surface area contributed by atoms with Gasteiger partial charge in [0, 0.05) is 18.7 Å². The number of oxazole rings is 1. The molecule has 1 atom stereocenters. The molecule has 2 heterocycles. The van der Waals surface area contributed by atoms with Crippen LogP contribution >= 0.6 is 0 Å². The standard InChI is InChI=1S/C18H22FN3O2/c1-3-8-18(2)17(23)20-9-10-22(18)12-16-21-11-15(24-16)13-4-6-14(19)7-5-13/h4-7,11H,3,8-10,12H2,1-2H3,(H,20,23)/t18-/m0/s1. The summed E-state index contributed by atoms with van der Waals surface area (Å²) in [4.78, 5) is 18.8. The lowest BCUT2D eigenvalue weighted by Crippen LogP contribution is -2.62. The Hall–Kier alpha value is -2.21. The molecule has 1 saturated heterocycles. The van der Waals surface area contributed by atoms with Crippen LogP contribution in [0.1, 0.15) is 32.6 Å². The van der Waals surface area contributed by atoms with Crippen molar-refractivity contribution in [1.29, 1.82) is 0 Å². The second-order valence-corrected chi connectivity index (χ2v) is 6.33. The predicted octanol–water partition coefficient (Wildman–Crippen LogP) is 2.97. The third kappa shape index (κ3) is 3.19.